The quantitative estimate of drug-likeness (QED) is 0.273. The molecule has 3 atom stereocenters. The summed E-state index contributed by atoms with van der Waals surface area (Å²) in [6, 6.07) is 9.71. The fourth-order valence-electron chi connectivity index (χ4n) is 3.87. The van der Waals surface area contributed by atoms with Gasteiger partial charge >= 0.3 is 6.36 Å². The summed E-state index contributed by atoms with van der Waals surface area (Å²) in [6.45, 7) is 9.74. The summed E-state index contributed by atoms with van der Waals surface area (Å²) in [6.07, 6.45) is -4.84. The molecule has 10 nitrogen and oxygen atoms in total. The van der Waals surface area contributed by atoms with Gasteiger partial charge in [0.15, 0.2) is 0 Å². The van der Waals surface area contributed by atoms with Gasteiger partial charge in [-0.1, -0.05) is 65.0 Å². The molecule has 2 aromatic rings. The standard InChI is InChI=1S/C30H37F3N4O6/c1-17(2)22(23(38)27(41)34-16-19-12-14-21(15-13-19)43-30(31,32)33)36-25(39)18(3)35-28(42)24(29(4,5)6)37-26(40)20-10-8-7-9-11-20/h7-15,17-18,22,24H,16H2,1-6H3,(H,34,41)(H,35,42)(H,36,39)(H,37,40). The zero-order valence-corrected chi connectivity index (χ0v) is 24.8. The third-order valence-corrected chi connectivity index (χ3v) is 6.27. The molecule has 13 heteroatoms. The maximum absolute atomic E-state index is 13.1. The van der Waals surface area contributed by atoms with Gasteiger partial charge < -0.3 is 26.0 Å². The van der Waals surface area contributed by atoms with E-state index in [4.69, 9.17) is 0 Å². The molecule has 0 heterocycles. The number of alkyl halides is 3. The maximum atomic E-state index is 13.1. The molecule has 4 amide bonds. The molecule has 0 fully saturated rings. The second-order valence-corrected chi connectivity index (χ2v) is 11.3. The second-order valence-electron chi connectivity index (χ2n) is 11.3. The van der Waals surface area contributed by atoms with Gasteiger partial charge in [0, 0.05) is 12.1 Å². The van der Waals surface area contributed by atoms with Gasteiger partial charge in [0.1, 0.15) is 17.8 Å². The van der Waals surface area contributed by atoms with Crippen LogP contribution in [0.1, 0.15) is 57.5 Å². The molecule has 3 unspecified atom stereocenters. The predicted molar refractivity (Wildman–Crippen MR) is 152 cm³/mol. The molecule has 0 bridgehead atoms. The number of Topliss-reactive ketones (excluding diaryl/α,β-unsaturated/α-hetero) is 1. The molecule has 0 aliphatic rings. The topological polar surface area (TPSA) is 143 Å². The van der Waals surface area contributed by atoms with Crippen LogP contribution >= 0.6 is 0 Å². The van der Waals surface area contributed by atoms with E-state index in [1.807, 2.05) is 0 Å². The molecule has 0 saturated carbocycles. The normalized spacial score (nSPS) is 13.7. The molecule has 2 rings (SSSR count). The van der Waals surface area contributed by atoms with Gasteiger partial charge in [-0.05, 0) is 48.1 Å². The molecule has 234 valence electrons. The van der Waals surface area contributed by atoms with Gasteiger partial charge in [0.05, 0.1) is 6.04 Å². The molecular weight excluding hydrogens is 569 g/mol. The number of carbonyl (C=O) groups is 5. The number of nitrogens with one attached hydrogen (secondary N) is 4. The van der Waals surface area contributed by atoms with Gasteiger partial charge in [-0.3, -0.25) is 24.0 Å². The molecule has 2 aromatic carbocycles. The van der Waals surface area contributed by atoms with E-state index >= 15 is 0 Å². The lowest BCUT2D eigenvalue weighted by atomic mass is 9.85. The van der Waals surface area contributed by atoms with E-state index in [-0.39, 0.29) is 6.54 Å². The van der Waals surface area contributed by atoms with E-state index in [0.29, 0.717) is 11.1 Å². The highest BCUT2D eigenvalue weighted by Gasteiger charge is 2.36. The van der Waals surface area contributed by atoms with Gasteiger partial charge in [-0.15, -0.1) is 13.2 Å². The number of hydrogen-bond donors (Lipinski definition) is 4. The first-order valence-electron chi connectivity index (χ1n) is 13.5. The van der Waals surface area contributed by atoms with Crippen molar-refractivity contribution < 1.29 is 41.9 Å². The van der Waals surface area contributed by atoms with Crippen LogP contribution in [0, 0.1) is 11.3 Å². The van der Waals surface area contributed by atoms with Crippen LogP contribution in [0.3, 0.4) is 0 Å². The fraction of sp³-hybridized carbons (Fsp3) is 0.433. The number of benzene rings is 2. The average molecular weight is 607 g/mol. The van der Waals surface area contributed by atoms with Crippen LogP contribution in [-0.4, -0.2) is 53.9 Å². The van der Waals surface area contributed by atoms with E-state index in [9.17, 15) is 37.1 Å². The van der Waals surface area contributed by atoms with Crippen molar-refractivity contribution in [2.75, 3.05) is 0 Å². The zero-order valence-electron chi connectivity index (χ0n) is 24.8. The van der Waals surface area contributed by atoms with Crippen molar-refractivity contribution in [3.8, 4) is 5.75 Å². The maximum Gasteiger partial charge on any atom is 0.573 e. The van der Waals surface area contributed by atoms with Crippen molar-refractivity contribution in [3.05, 3.63) is 65.7 Å². The summed E-state index contributed by atoms with van der Waals surface area (Å²) >= 11 is 0. The Hall–Kier alpha value is -4.42. The molecule has 0 aliphatic heterocycles. The smallest absolute Gasteiger partial charge is 0.406 e. The summed E-state index contributed by atoms with van der Waals surface area (Å²) in [4.78, 5) is 64.3. The van der Waals surface area contributed by atoms with Crippen molar-refractivity contribution in [2.45, 2.75) is 72.6 Å². The van der Waals surface area contributed by atoms with Crippen LogP contribution in [0.5, 0.6) is 5.75 Å². The highest BCUT2D eigenvalue weighted by molar-refractivity contribution is 6.38. The number of amides is 4. The number of halogens is 3. The second kappa shape index (κ2) is 14.7. The van der Waals surface area contributed by atoms with Crippen LogP contribution in [0.2, 0.25) is 0 Å². The minimum absolute atomic E-state index is 0.162. The molecule has 0 radical (unpaired) electrons. The van der Waals surface area contributed by atoms with E-state index in [0.717, 1.165) is 12.1 Å². The van der Waals surface area contributed by atoms with Gasteiger partial charge in [-0.2, -0.15) is 0 Å². The summed E-state index contributed by atoms with van der Waals surface area (Å²) in [5.41, 5.74) is 0.0505. The highest BCUT2D eigenvalue weighted by atomic mass is 19.4. The Morgan fingerprint density at radius 2 is 1.37 bits per heavy atom. The Bertz CT molecular complexity index is 1290. The van der Waals surface area contributed by atoms with E-state index in [2.05, 4.69) is 26.0 Å². The summed E-state index contributed by atoms with van der Waals surface area (Å²) < 4.78 is 40.8. The Balaban J connectivity index is 2.00. The van der Waals surface area contributed by atoms with Crippen LogP contribution < -0.4 is 26.0 Å². The Kier molecular flexibility index (Phi) is 11.9. The first-order valence-corrected chi connectivity index (χ1v) is 13.5. The highest BCUT2D eigenvalue weighted by Crippen LogP contribution is 2.23. The van der Waals surface area contributed by atoms with Crippen molar-refractivity contribution in [1.82, 2.24) is 21.3 Å². The SMILES string of the molecule is CC(NC(=O)C(NC(=O)c1ccccc1)C(C)(C)C)C(=O)NC(C(=O)C(=O)NCc1ccc(OC(F)(F)F)cc1)C(C)C. The van der Waals surface area contributed by atoms with Crippen molar-refractivity contribution in [2.24, 2.45) is 11.3 Å². The Morgan fingerprint density at radius 3 is 1.88 bits per heavy atom. The third-order valence-electron chi connectivity index (χ3n) is 6.27. The Morgan fingerprint density at radius 1 is 0.791 bits per heavy atom. The lowest BCUT2D eigenvalue weighted by Gasteiger charge is -2.31. The largest absolute Gasteiger partial charge is 0.573 e. The number of carbonyl (C=O) groups excluding carboxylic acids is 5. The molecular formula is C30H37F3N4O6. The van der Waals surface area contributed by atoms with E-state index in [1.165, 1.54) is 19.1 Å². The molecule has 0 spiro atoms. The number of hydrogen-bond acceptors (Lipinski definition) is 6. The number of rotatable bonds is 12. The predicted octanol–water partition coefficient (Wildman–Crippen LogP) is 3.26. The number of ether oxygens (including phenoxy) is 1. The van der Waals surface area contributed by atoms with Crippen LogP contribution in [0.25, 0.3) is 0 Å². The molecule has 43 heavy (non-hydrogen) atoms. The van der Waals surface area contributed by atoms with Gasteiger partial charge in [0.25, 0.3) is 11.8 Å². The average Bonchev–Trinajstić information content (AvgIpc) is 2.92. The summed E-state index contributed by atoms with van der Waals surface area (Å²) in [5, 5.41) is 10.2. The fourth-order valence-corrected chi connectivity index (χ4v) is 3.87. The first kappa shape index (κ1) is 34.8. The molecule has 0 aliphatic carbocycles. The van der Waals surface area contributed by atoms with Crippen molar-refractivity contribution in [3.63, 3.8) is 0 Å². The number of ketones is 1. The lowest BCUT2D eigenvalue weighted by molar-refractivity contribution is -0.274. The third kappa shape index (κ3) is 11.1. The van der Waals surface area contributed by atoms with E-state index in [1.54, 1.807) is 65.0 Å². The molecule has 4 N–H and O–H groups in total. The van der Waals surface area contributed by atoms with Gasteiger partial charge in [0.2, 0.25) is 17.6 Å². The molecule has 0 saturated heterocycles. The van der Waals surface area contributed by atoms with Crippen molar-refractivity contribution >= 4 is 29.4 Å². The van der Waals surface area contributed by atoms with Crippen LogP contribution in [0.15, 0.2) is 54.6 Å². The summed E-state index contributed by atoms with van der Waals surface area (Å²) in [7, 11) is 0. The Labute approximate surface area is 248 Å². The minimum atomic E-state index is -4.84. The van der Waals surface area contributed by atoms with Crippen LogP contribution in [-0.2, 0) is 25.7 Å². The summed E-state index contributed by atoms with van der Waals surface area (Å²) in [5.74, 6) is -4.70. The zero-order chi connectivity index (χ0) is 32.5. The first-order chi connectivity index (χ1) is 19.9. The minimum Gasteiger partial charge on any atom is -0.406 e. The molecule has 0 aromatic heterocycles. The van der Waals surface area contributed by atoms with Crippen LogP contribution in [0.4, 0.5) is 13.2 Å². The van der Waals surface area contributed by atoms with Gasteiger partial charge in [-0.25, -0.2) is 0 Å². The monoisotopic (exact) mass is 606 g/mol. The van der Waals surface area contributed by atoms with Crippen molar-refractivity contribution in [1.29, 1.82) is 0 Å². The lowest BCUT2D eigenvalue weighted by Crippen LogP contribution is -2.59. The van der Waals surface area contributed by atoms with E-state index < -0.39 is 71.0 Å².